The number of nitrogens with one attached hydrogen (secondary N) is 1. The molecule has 0 spiro atoms. The Bertz CT molecular complexity index is 726. The fourth-order valence-corrected chi connectivity index (χ4v) is 4.24. The van der Waals surface area contributed by atoms with Gasteiger partial charge in [0.15, 0.2) is 5.76 Å². The van der Waals surface area contributed by atoms with Crippen molar-refractivity contribution in [3.05, 3.63) is 40.2 Å². The average molecular weight is 332 g/mol. The number of furan rings is 1. The second-order valence-electron chi connectivity index (χ2n) is 5.98. The third-order valence-corrected chi connectivity index (χ3v) is 5.32. The Hall–Kier alpha value is -2.08. The number of hydrogen-bond acceptors (Lipinski definition) is 4. The molecule has 1 saturated carbocycles. The number of primary amides is 1. The second kappa shape index (κ2) is 6.58. The van der Waals surface area contributed by atoms with E-state index in [0.717, 1.165) is 24.0 Å². The molecule has 0 aliphatic heterocycles. The fraction of sp³-hybridized carbons (Fsp3) is 0.412. The van der Waals surface area contributed by atoms with Crippen molar-refractivity contribution in [2.45, 2.75) is 44.9 Å². The van der Waals surface area contributed by atoms with Crippen molar-refractivity contribution in [2.75, 3.05) is 5.32 Å². The lowest BCUT2D eigenvalue weighted by atomic mass is 9.83. The average Bonchev–Trinajstić information content (AvgIpc) is 3.14. The first-order valence-corrected chi connectivity index (χ1v) is 8.72. The topological polar surface area (TPSA) is 85.3 Å². The van der Waals surface area contributed by atoms with E-state index < -0.39 is 5.91 Å². The Morgan fingerprint density at radius 3 is 2.65 bits per heavy atom. The SMILES string of the molecule is Cc1ccoc1C(=O)Nc1scc(C2CCCCC2)c1C(N)=O. The van der Waals surface area contributed by atoms with Crippen LogP contribution in [0.25, 0.3) is 0 Å². The largest absolute Gasteiger partial charge is 0.459 e. The molecule has 1 aliphatic rings. The predicted octanol–water partition coefficient (Wildman–Crippen LogP) is 4.05. The van der Waals surface area contributed by atoms with E-state index >= 15 is 0 Å². The molecule has 0 aromatic carbocycles. The lowest BCUT2D eigenvalue weighted by Gasteiger charge is -2.21. The molecule has 0 atom stereocenters. The van der Waals surface area contributed by atoms with Crippen molar-refractivity contribution < 1.29 is 14.0 Å². The molecule has 1 aliphatic carbocycles. The summed E-state index contributed by atoms with van der Waals surface area (Å²) in [7, 11) is 0. The molecule has 2 amide bonds. The summed E-state index contributed by atoms with van der Waals surface area (Å²) in [5, 5.41) is 5.25. The summed E-state index contributed by atoms with van der Waals surface area (Å²) in [6.07, 6.45) is 7.20. The maximum absolute atomic E-state index is 12.3. The van der Waals surface area contributed by atoms with Crippen LogP contribution in [0.1, 0.15) is 70.1 Å². The van der Waals surface area contributed by atoms with Crippen LogP contribution in [0, 0.1) is 6.92 Å². The van der Waals surface area contributed by atoms with Gasteiger partial charge in [-0.15, -0.1) is 11.3 Å². The molecule has 2 aromatic heterocycles. The van der Waals surface area contributed by atoms with Crippen LogP contribution >= 0.6 is 11.3 Å². The van der Waals surface area contributed by atoms with E-state index in [1.807, 2.05) is 5.38 Å². The van der Waals surface area contributed by atoms with Gasteiger partial charge < -0.3 is 15.5 Å². The highest BCUT2D eigenvalue weighted by Crippen LogP contribution is 2.40. The third kappa shape index (κ3) is 3.17. The van der Waals surface area contributed by atoms with Crippen LogP contribution in [0.3, 0.4) is 0 Å². The van der Waals surface area contributed by atoms with Gasteiger partial charge in [-0.2, -0.15) is 0 Å². The first kappa shape index (κ1) is 15.8. The summed E-state index contributed by atoms with van der Waals surface area (Å²) in [6, 6.07) is 1.73. The van der Waals surface area contributed by atoms with Crippen molar-refractivity contribution in [3.8, 4) is 0 Å². The van der Waals surface area contributed by atoms with E-state index in [1.54, 1.807) is 13.0 Å². The lowest BCUT2D eigenvalue weighted by molar-refractivity contribution is 0.0996. The molecule has 0 bridgehead atoms. The fourth-order valence-electron chi connectivity index (χ4n) is 3.20. The van der Waals surface area contributed by atoms with E-state index in [1.165, 1.54) is 36.9 Å². The molecule has 0 saturated heterocycles. The number of anilines is 1. The number of hydrogen-bond donors (Lipinski definition) is 2. The summed E-state index contributed by atoms with van der Waals surface area (Å²) < 4.78 is 5.20. The van der Waals surface area contributed by atoms with E-state index in [9.17, 15) is 9.59 Å². The number of carbonyl (C=O) groups is 2. The molecule has 0 unspecified atom stereocenters. The summed E-state index contributed by atoms with van der Waals surface area (Å²) >= 11 is 1.36. The van der Waals surface area contributed by atoms with Crippen LogP contribution in [0.2, 0.25) is 0 Å². The van der Waals surface area contributed by atoms with E-state index in [2.05, 4.69) is 5.32 Å². The summed E-state index contributed by atoms with van der Waals surface area (Å²) in [5.74, 6) is -0.225. The number of nitrogens with two attached hydrogens (primary N) is 1. The maximum atomic E-state index is 12.3. The highest BCUT2D eigenvalue weighted by atomic mass is 32.1. The van der Waals surface area contributed by atoms with Gasteiger partial charge in [0.25, 0.3) is 11.8 Å². The molecule has 3 rings (SSSR count). The first-order chi connectivity index (χ1) is 11.1. The first-order valence-electron chi connectivity index (χ1n) is 7.84. The van der Waals surface area contributed by atoms with Gasteiger partial charge in [0, 0.05) is 5.56 Å². The molecule has 0 radical (unpaired) electrons. The number of carbonyl (C=O) groups excluding carboxylic acids is 2. The molecular weight excluding hydrogens is 312 g/mol. The van der Waals surface area contributed by atoms with Gasteiger partial charge in [-0.05, 0) is 42.7 Å². The maximum Gasteiger partial charge on any atom is 0.292 e. The summed E-state index contributed by atoms with van der Waals surface area (Å²) in [6.45, 7) is 1.80. The third-order valence-electron chi connectivity index (χ3n) is 4.41. The lowest BCUT2D eigenvalue weighted by Crippen LogP contribution is -2.19. The van der Waals surface area contributed by atoms with Crippen LogP contribution in [-0.2, 0) is 0 Å². The molecule has 23 heavy (non-hydrogen) atoms. The Labute approximate surface area is 138 Å². The highest BCUT2D eigenvalue weighted by Gasteiger charge is 2.26. The van der Waals surface area contributed by atoms with Crippen LogP contribution < -0.4 is 11.1 Å². The highest BCUT2D eigenvalue weighted by molar-refractivity contribution is 7.15. The monoisotopic (exact) mass is 332 g/mol. The normalized spacial score (nSPS) is 15.5. The van der Waals surface area contributed by atoms with Gasteiger partial charge in [0.1, 0.15) is 5.00 Å². The Balaban J connectivity index is 1.87. The van der Waals surface area contributed by atoms with Crippen molar-refractivity contribution in [2.24, 2.45) is 5.73 Å². The minimum Gasteiger partial charge on any atom is -0.459 e. The number of amides is 2. The van der Waals surface area contributed by atoms with Crippen LogP contribution in [-0.4, -0.2) is 11.8 Å². The molecule has 6 heteroatoms. The van der Waals surface area contributed by atoms with Gasteiger partial charge in [0.2, 0.25) is 0 Å². The molecule has 2 aromatic rings. The van der Waals surface area contributed by atoms with Crippen LogP contribution in [0.5, 0.6) is 0 Å². The molecule has 1 fully saturated rings. The smallest absolute Gasteiger partial charge is 0.292 e. The second-order valence-corrected chi connectivity index (χ2v) is 6.86. The zero-order valence-corrected chi connectivity index (χ0v) is 13.9. The quantitative estimate of drug-likeness (QED) is 0.885. The minimum absolute atomic E-state index is 0.257. The Morgan fingerprint density at radius 1 is 1.30 bits per heavy atom. The van der Waals surface area contributed by atoms with E-state index in [4.69, 9.17) is 10.2 Å². The minimum atomic E-state index is -0.488. The van der Waals surface area contributed by atoms with Crippen molar-refractivity contribution >= 4 is 28.2 Å². The van der Waals surface area contributed by atoms with E-state index in [-0.39, 0.29) is 11.7 Å². The van der Waals surface area contributed by atoms with Crippen molar-refractivity contribution in [1.82, 2.24) is 0 Å². The van der Waals surface area contributed by atoms with Crippen molar-refractivity contribution in [3.63, 3.8) is 0 Å². The molecular formula is C17H20N2O3S. The zero-order chi connectivity index (χ0) is 16.4. The van der Waals surface area contributed by atoms with Gasteiger partial charge in [-0.3, -0.25) is 9.59 Å². The molecule has 3 N–H and O–H groups in total. The Morgan fingerprint density at radius 2 is 2.04 bits per heavy atom. The van der Waals surface area contributed by atoms with Crippen LogP contribution in [0.15, 0.2) is 22.1 Å². The number of aryl methyl sites for hydroxylation is 1. The number of thiophene rings is 1. The molecule has 122 valence electrons. The van der Waals surface area contributed by atoms with Gasteiger partial charge in [-0.25, -0.2) is 0 Å². The summed E-state index contributed by atoms with van der Waals surface area (Å²) in [5.41, 5.74) is 7.78. The number of rotatable bonds is 4. The van der Waals surface area contributed by atoms with Crippen molar-refractivity contribution in [1.29, 1.82) is 0 Å². The van der Waals surface area contributed by atoms with Gasteiger partial charge >= 0.3 is 0 Å². The van der Waals surface area contributed by atoms with Crippen LogP contribution in [0.4, 0.5) is 5.00 Å². The van der Waals surface area contributed by atoms with E-state index in [0.29, 0.717) is 16.5 Å². The Kier molecular flexibility index (Phi) is 4.52. The standard InChI is InChI=1S/C17H20N2O3S/c1-10-7-8-22-14(10)16(21)19-17-13(15(18)20)12(9-23-17)11-5-3-2-4-6-11/h7-9,11H,2-6H2,1H3,(H2,18,20)(H,19,21). The summed E-state index contributed by atoms with van der Waals surface area (Å²) in [4.78, 5) is 24.2. The zero-order valence-electron chi connectivity index (χ0n) is 13.1. The van der Waals surface area contributed by atoms with Gasteiger partial charge in [0.05, 0.1) is 11.8 Å². The predicted molar refractivity (Wildman–Crippen MR) is 90.1 cm³/mol. The van der Waals surface area contributed by atoms with Gasteiger partial charge in [-0.1, -0.05) is 19.3 Å². The molecule has 5 nitrogen and oxygen atoms in total. The molecule has 2 heterocycles.